The van der Waals surface area contributed by atoms with Crippen molar-refractivity contribution in [3.05, 3.63) is 0 Å². The van der Waals surface area contributed by atoms with E-state index in [0.29, 0.717) is 6.42 Å². The summed E-state index contributed by atoms with van der Waals surface area (Å²) in [6, 6.07) is 0. The van der Waals surface area contributed by atoms with Gasteiger partial charge in [-0.15, -0.1) is 0 Å². The molecule has 0 aromatic carbocycles. The number of aliphatic hydroxyl groups is 2. The van der Waals surface area contributed by atoms with E-state index in [9.17, 15) is 0 Å². The van der Waals surface area contributed by atoms with Crippen molar-refractivity contribution in [3.8, 4) is 11.8 Å². The van der Waals surface area contributed by atoms with Crippen molar-refractivity contribution in [2.75, 3.05) is 6.61 Å². The van der Waals surface area contributed by atoms with Crippen molar-refractivity contribution in [1.29, 1.82) is 0 Å². The Morgan fingerprint density at radius 3 is 2.30 bits per heavy atom. The van der Waals surface area contributed by atoms with Gasteiger partial charge in [0.2, 0.25) is 0 Å². The van der Waals surface area contributed by atoms with Crippen LogP contribution in [0.3, 0.4) is 0 Å². The van der Waals surface area contributed by atoms with Crippen LogP contribution in [0.15, 0.2) is 0 Å². The first-order valence-corrected chi connectivity index (χ1v) is 3.43. The largest absolute Gasteiger partial charge is 0.392 e. The molecule has 10 heavy (non-hydrogen) atoms. The molecule has 2 nitrogen and oxygen atoms in total. The van der Waals surface area contributed by atoms with Gasteiger partial charge in [-0.05, 0) is 5.92 Å². The monoisotopic (exact) mass is 142 g/mol. The Bertz CT molecular complexity index is 130. The Kier molecular flexibility index (Phi) is 5.00. The van der Waals surface area contributed by atoms with E-state index in [2.05, 4.69) is 11.8 Å². The second-order valence-corrected chi connectivity index (χ2v) is 2.53. The van der Waals surface area contributed by atoms with E-state index in [0.717, 1.165) is 0 Å². The highest BCUT2D eigenvalue weighted by atomic mass is 16.3. The van der Waals surface area contributed by atoms with Gasteiger partial charge in [-0.3, -0.25) is 0 Å². The van der Waals surface area contributed by atoms with Crippen LogP contribution in [0.5, 0.6) is 0 Å². The molecule has 1 unspecified atom stereocenters. The first-order chi connectivity index (χ1) is 4.68. The molecule has 2 heteroatoms. The standard InChI is InChI=1S/C8H14O2/c1-7(2)8(10)5-3-4-6-9/h7-10H,5-6H2,1-2H3. The molecule has 0 radical (unpaired) electrons. The molecule has 0 heterocycles. The number of hydrogen-bond acceptors (Lipinski definition) is 2. The predicted octanol–water partition coefficient (Wildman–Crippen LogP) is 0.389. The molecule has 1 atom stereocenters. The third kappa shape index (κ3) is 4.37. The number of hydrogen-bond donors (Lipinski definition) is 2. The van der Waals surface area contributed by atoms with Gasteiger partial charge in [0, 0.05) is 6.42 Å². The molecule has 0 spiro atoms. The summed E-state index contributed by atoms with van der Waals surface area (Å²) in [5.74, 6) is 5.39. The highest BCUT2D eigenvalue weighted by Crippen LogP contribution is 2.03. The first-order valence-electron chi connectivity index (χ1n) is 3.43. The van der Waals surface area contributed by atoms with E-state index in [1.165, 1.54) is 0 Å². The van der Waals surface area contributed by atoms with E-state index in [4.69, 9.17) is 10.2 Å². The van der Waals surface area contributed by atoms with E-state index in [1.54, 1.807) is 0 Å². The summed E-state index contributed by atoms with van der Waals surface area (Å²) in [6.45, 7) is 3.75. The average Bonchev–Trinajstić information content (AvgIpc) is 1.88. The lowest BCUT2D eigenvalue weighted by atomic mass is 10.1. The van der Waals surface area contributed by atoms with Gasteiger partial charge in [0.25, 0.3) is 0 Å². The molecule has 58 valence electrons. The fraction of sp³-hybridized carbons (Fsp3) is 0.750. The van der Waals surface area contributed by atoms with Crippen molar-refractivity contribution in [2.24, 2.45) is 5.92 Å². The van der Waals surface area contributed by atoms with Crippen LogP contribution in [-0.4, -0.2) is 22.9 Å². The molecule has 0 saturated heterocycles. The molecule has 0 aromatic heterocycles. The van der Waals surface area contributed by atoms with Gasteiger partial charge >= 0.3 is 0 Å². The minimum atomic E-state index is -0.362. The van der Waals surface area contributed by atoms with Gasteiger partial charge < -0.3 is 10.2 Å². The van der Waals surface area contributed by atoms with Crippen molar-refractivity contribution >= 4 is 0 Å². The Morgan fingerprint density at radius 2 is 1.90 bits per heavy atom. The van der Waals surface area contributed by atoms with Gasteiger partial charge in [0.15, 0.2) is 0 Å². The lowest BCUT2D eigenvalue weighted by Crippen LogP contribution is -2.13. The quantitative estimate of drug-likeness (QED) is 0.547. The Balaban J connectivity index is 3.48. The van der Waals surface area contributed by atoms with Crippen LogP contribution < -0.4 is 0 Å². The average molecular weight is 142 g/mol. The topological polar surface area (TPSA) is 40.5 Å². The first kappa shape index (κ1) is 9.48. The maximum Gasteiger partial charge on any atom is 0.104 e. The third-order valence-corrected chi connectivity index (χ3v) is 1.28. The molecular weight excluding hydrogens is 128 g/mol. The molecule has 0 fully saturated rings. The number of rotatable bonds is 2. The normalized spacial score (nSPS) is 12.5. The van der Waals surface area contributed by atoms with Crippen molar-refractivity contribution in [2.45, 2.75) is 26.4 Å². The van der Waals surface area contributed by atoms with Crippen LogP contribution in [0.2, 0.25) is 0 Å². The van der Waals surface area contributed by atoms with Crippen molar-refractivity contribution in [3.63, 3.8) is 0 Å². The highest BCUT2D eigenvalue weighted by molar-refractivity contribution is 5.00. The summed E-state index contributed by atoms with van der Waals surface area (Å²) < 4.78 is 0. The van der Waals surface area contributed by atoms with Gasteiger partial charge in [0.05, 0.1) is 6.10 Å². The smallest absolute Gasteiger partial charge is 0.104 e. The minimum Gasteiger partial charge on any atom is -0.392 e. The summed E-state index contributed by atoms with van der Waals surface area (Å²) >= 11 is 0. The third-order valence-electron chi connectivity index (χ3n) is 1.28. The van der Waals surface area contributed by atoms with Gasteiger partial charge in [-0.1, -0.05) is 25.7 Å². The zero-order chi connectivity index (χ0) is 7.98. The maximum atomic E-state index is 9.17. The van der Waals surface area contributed by atoms with E-state index < -0.39 is 0 Å². The summed E-state index contributed by atoms with van der Waals surface area (Å²) in [5.41, 5.74) is 0. The van der Waals surface area contributed by atoms with E-state index in [1.807, 2.05) is 13.8 Å². The Morgan fingerprint density at radius 1 is 1.30 bits per heavy atom. The molecule has 0 aliphatic rings. The number of aliphatic hydroxyl groups excluding tert-OH is 2. The van der Waals surface area contributed by atoms with Crippen LogP contribution in [0.4, 0.5) is 0 Å². The molecule has 0 amide bonds. The zero-order valence-electron chi connectivity index (χ0n) is 6.46. The minimum absolute atomic E-state index is 0.120. The summed E-state index contributed by atoms with van der Waals surface area (Å²) in [6.07, 6.45) is 0.0946. The molecule has 2 N–H and O–H groups in total. The Labute approximate surface area is 61.9 Å². The van der Waals surface area contributed by atoms with Crippen molar-refractivity contribution in [1.82, 2.24) is 0 Å². The van der Waals surface area contributed by atoms with E-state index >= 15 is 0 Å². The predicted molar refractivity (Wildman–Crippen MR) is 40.3 cm³/mol. The zero-order valence-corrected chi connectivity index (χ0v) is 6.46. The van der Waals surface area contributed by atoms with Crippen LogP contribution >= 0.6 is 0 Å². The molecule has 0 aliphatic heterocycles. The van der Waals surface area contributed by atoms with E-state index in [-0.39, 0.29) is 18.6 Å². The summed E-state index contributed by atoms with van der Waals surface area (Å²) in [5, 5.41) is 17.4. The molecule has 0 saturated carbocycles. The fourth-order valence-corrected chi connectivity index (χ4v) is 0.468. The van der Waals surface area contributed by atoms with Crippen LogP contribution in [-0.2, 0) is 0 Å². The lowest BCUT2D eigenvalue weighted by molar-refractivity contribution is 0.130. The van der Waals surface area contributed by atoms with Gasteiger partial charge in [-0.2, -0.15) is 0 Å². The summed E-state index contributed by atoms with van der Waals surface area (Å²) in [4.78, 5) is 0. The maximum absolute atomic E-state index is 9.17. The second-order valence-electron chi connectivity index (χ2n) is 2.53. The summed E-state index contributed by atoms with van der Waals surface area (Å²) in [7, 11) is 0. The molecule has 0 aromatic rings. The van der Waals surface area contributed by atoms with Gasteiger partial charge in [-0.25, -0.2) is 0 Å². The molecule has 0 bridgehead atoms. The van der Waals surface area contributed by atoms with Crippen LogP contribution in [0, 0.1) is 17.8 Å². The highest BCUT2D eigenvalue weighted by Gasteiger charge is 2.05. The van der Waals surface area contributed by atoms with Gasteiger partial charge in [0.1, 0.15) is 6.61 Å². The molecule has 0 rings (SSSR count). The SMILES string of the molecule is CC(C)C(O)CC#CCO. The fourth-order valence-electron chi connectivity index (χ4n) is 0.468. The molecular formula is C8H14O2. The second kappa shape index (κ2) is 5.28. The Hall–Kier alpha value is -0.520. The molecule has 0 aliphatic carbocycles. The van der Waals surface area contributed by atoms with Crippen LogP contribution in [0.1, 0.15) is 20.3 Å². The van der Waals surface area contributed by atoms with Crippen molar-refractivity contribution < 1.29 is 10.2 Å². The lowest BCUT2D eigenvalue weighted by Gasteiger charge is -2.09. The van der Waals surface area contributed by atoms with Crippen LogP contribution in [0.25, 0.3) is 0 Å².